The van der Waals surface area contributed by atoms with Crippen LogP contribution in [0.4, 0.5) is 11.6 Å². The second-order valence-corrected chi connectivity index (χ2v) is 6.61. The molecule has 1 aliphatic heterocycles. The highest BCUT2D eigenvalue weighted by Gasteiger charge is 2.16. The zero-order valence-electron chi connectivity index (χ0n) is 15.4. The summed E-state index contributed by atoms with van der Waals surface area (Å²) in [5.74, 6) is 1.59. The number of carbonyl (C=O) groups excluding carboxylic acids is 1. The molecule has 0 radical (unpaired) electrons. The van der Waals surface area contributed by atoms with Crippen LogP contribution in [0, 0.1) is 6.92 Å². The van der Waals surface area contributed by atoms with Gasteiger partial charge in [0.1, 0.15) is 29.3 Å². The smallest absolute Gasteiger partial charge is 0.270 e. The molecule has 4 heterocycles. The van der Waals surface area contributed by atoms with Crippen molar-refractivity contribution in [1.29, 1.82) is 0 Å². The number of aromatic nitrogens is 4. The van der Waals surface area contributed by atoms with E-state index in [4.69, 9.17) is 0 Å². The number of hydrogen-bond donors (Lipinski definition) is 2. The van der Waals surface area contributed by atoms with Crippen molar-refractivity contribution in [3.05, 3.63) is 48.2 Å². The topological polar surface area (TPSA) is 87.5 Å². The predicted molar refractivity (Wildman–Crippen MR) is 104 cm³/mol. The van der Waals surface area contributed by atoms with Gasteiger partial charge in [-0.25, -0.2) is 15.0 Å². The number of carbonyl (C=O) groups is 1. The Bertz CT molecular complexity index is 946. The molecule has 3 aromatic heterocycles. The number of rotatable bonds is 6. The number of aryl methyl sites for hydroxylation is 1. The molecular weight excluding hydrogens is 342 g/mol. The van der Waals surface area contributed by atoms with Crippen molar-refractivity contribution in [2.24, 2.45) is 0 Å². The Balaban J connectivity index is 1.33. The van der Waals surface area contributed by atoms with Crippen LogP contribution in [-0.4, -0.2) is 51.4 Å². The second kappa shape index (κ2) is 7.61. The van der Waals surface area contributed by atoms with Crippen LogP contribution in [0.2, 0.25) is 0 Å². The normalized spacial score (nSPS) is 13.9. The summed E-state index contributed by atoms with van der Waals surface area (Å²) in [6.45, 7) is 5.01. The van der Waals surface area contributed by atoms with Crippen LogP contribution < -0.4 is 15.5 Å². The first-order valence-corrected chi connectivity index (χ1v) is 9.25. The summed E-state index contributed by atoms with van der Waals surface area (Å²) in [4.78, 5) is 27.8. The Hall–Kier alpha value is -3.16. The lowest BCUT2D eigenvalue weighted by molar-refractivity contribution is 0.0948. The second-order valence-electron chi connectivity index (χ2n) is 6.61. The maximum Gasteiger partial charge on any atom is 0.270 e. The Morgan fingerprint density at radius 3 is 2.89 bits per heavy atom. The fraction of sp³-hybridized carbons (Fsp3) is 0.368. The molecule has 8 heteroatoms. The minimum absolute atomic E-state index is 0.131. The average Bonchev–Trinajstić information content (AvgIpc) is 3.32. The standard InChI is InChI=1S/C19H23N7O/c1-14-18(26-11-3-2-6-16(26)24-14)19(27)21-8-7-20-15-12-17(23-13-22-15)25-9-4-5-10-25/h2-3,6,11-13H,4-5,7-10H2,1H3,(H,21,27)(H,20,22,23). The van der Waals surface area contributed by atoms with Gasteiger partial charge in [-0.3, -0.25) is 9.20 Å². The quantitative estimate of drug-likeness (QED) is 0.649. The molecule has 0 spiro atoms. The summed E-state index contributed by atoms with van der Waals surface area (Å²) in [6, 6.07) is 7.64. The van der Waals surface area contributed by atoms with Crippen LogP contribution in [0.1, 0.15) is 29.0 Å². The highest BCUT2D eigenvalue weighted by atomic mass is 16.1. The van der Waals surface area contributed by atoms with Crippen LogP contribution in [0.5, 0.6) is 0 Å². The van der Waals surface area contributed by atoms with E-state index >= 15 is 0 Å². The van der Waals surface area contributed by atoms with Gasteiger partial charge < -0.3 is 15.5 Å². The molecule has 2 N–H and O–H groups in total. The van der Waals surface area contributed by atoms with Crippen LogP contribution in [0.25, 0.3) is 5.65 Å². The molecule has 3 aromatic rings. The van der Waals surface area contributed by atoms with Gasteiger partial charge in [0.05, 0.1) is 5.69 Å². The van der Waals surface area contributed by atoms with E-state index < -0.39 is 0 Å². The number of nitrogens with zero attached hydrogens (tertiary/aromatic N) is 5. The summed E-state index contributed by atoms with van der Waals surface area (Å²) in [7, 11) is 0. The van der Waals surface area contributed by atoms with Crippen LogP contribution in [0.3, 0.4) is 0 Å². The van der Waals surface area contributed by atoms with E-state index in [0.717, 1.165) is 36.1 Å². The van der Waals surface area contributed by atoms with Crippen molar-refractivity contribution in [1.82, 2.24) is 24.7 Å². The lowest BCUT2D eigenvalue weighted by Gasteiger charge is -2.16. The third-order valence-corrected chi connectivity index (χ3v) is 4.72. The Morgan fingerprint density at radius 2 is 2.04 bits per heavy atom. The zero-order chi connectivity index (χ0) is 18.6. The molecular formula is C19H23N7O. The number of amides is 1. The first-order valence-electron chi connectivity index (χ1n) is 9.25. The van der Waals surface area contributed by atoms with E-state index in [2.05, 4.69) is 30.5 Å². The van der Waals surface area contributed by atoms with E-state index in [1.165, 1.54) is 12.8 Å². The maximum absolute atomic E-state index is 12.5. The van der Waals surface area contributed by atoms with Crippen LogP contribution in [-0.2, 0) is 0 Å². The average molecular weight is 365 g/mol. The molecule has 0 aromatic carbocycles. The van der Waals surface area contributed by atoms with E-state index in [1.54, 1.807) is 6.33 Å². The van der Waals surface area contributed by atoms with Gasteiger partial charge in [0.15, 0.2) is 0 Å². The summed E-state index contributed by atoms with van der Waals surface area (Å²) in [5, 5.41) is 6.19. The van der Waals surface area contributed by atoms with Gasteiger partial charge in [-0.1, -0.05) is 6.07 Å². The molecule has 1 amide bonds. The molecule has 0 saturated carbocycles. The molecule has 1 aliphatic rings. The number of fused-ring (bicyclic) bond motifs is 1. The third kappa shape index (κ3) is 3.69. The SMILES string of the molecule is Cc1nc2ccccn2c1C(=O)NCCNc1cc(N2CCCC2)ncn1. The fourth-order valence-corrected chi connectivity index (χ4v) is 3.40. The summed E-state index contributed by atoms with van der Waals surface area (Å²) >= 11 is 0. The van der Waals surface area contributed by atoms with Gasteiger partial charge in [0.2, 0.25) is 0 Å². The van der Waals surface area contributed by atoms with E-state index in [1.807, 2.05) is 41.8 Å². The molecule has 0 atom stereocenters. The minimum Gasteiger partial charge on any atom is -0.368 e. The van der Waals surface area contributed by atoms with Crippen molar-refractivity contribution in [2.75, 3.05) is 36.4 Å². The molecule has 0 bridgehead atoms. The molecule has 4 rings (SSSR count). The van der Waals surface area contributed by atoms with Gasteiger partial charge in [0.25, 0.3) is 5.91 Å². The van der Waals surface area contributed by atoms with Crippen molar-refractivity contribution in [3.8, 4) is 0 Å². The molecule has 1 fully saturated rings. The summed E-state index contributed by atoms with van der Waals surface area (Å²) in [5.41, 5.74) is 2.07. The van der Waals surface area contributed by atoms with Crippen LogP contribution >= 0.6 is 0 Å². The highest BCUT2D eigenvalue weighted by Crippen LogP contribution is 2.19. The number of imidazole rings is 1. The Labute approximate surface area is 157 Å². The lowest BCUT2D eigenvalue weighted by atomic mass is 10.3. The zero-order valence-corrected chi connectivity index (χ0v) is 15.4. The third-order valence-electron chi connectivity index (χ3n) is 4.72. The Kier molecular flexibility index (Phi) is 4.86. The summed E-state index contributed by atoms with van der Waals surface area (Å²) in [6.07, 6.45) is 5.85. The van der Waals surface area contributed by atoms with Gasteiger partial charge in [-0.2, -0.15) is 0 Å². The highest BCUT2D eigenvalue weighted by molar-refractivity contribution is 5.94. The first kappa shape index (κ1) is 17.3. The minimum atomic E-state index is -0.131. The van der Waals surface area contributed by atoms with Crippen molar-refractivity contribution >= 4 is 23.2 Å². The van der Waals surface area contributed by atoms with Gasteiger partial charge >= 0.3 is 0 Å². The molecule has 27 heavy (non-hydrogen) atoms. The molecule has 140 valence electrons. The molecule has 0 aliphatic carbocycles. The molecule has 1 saturated heterocycles. The van der Waals surface area contributed by atoms with Gasteiger partial charge in [-0.05, 0) is 31.9 Å². The molecule has 8 nitrogen and oxygen atoms in total. The monoisotopic (exact) mass is 365 g/mol. The van der Waals surface area contributed by atoms with Crippen molar-refractivity contribution < 1.29 is 4.79 Å². The first-order chi connectivity index (χ1) is 13.2. The number of hydrogen-bond acceptors (Lipinski definition) is 6. The van der Waals surface area contributed by atoms with Gasteiger partial charge in [-0.15, -0.1) is 0 Å². The van der Waals surface area contributed by atoms with E-state index in [-0.39, 0.29) is 5.91 Å². The number of nitrogens with one attached hydrogen (secondary N) is 2. The molecule has 0 unspecified atom stereocenters. The number of pyridine rings is 1. The number of anilines is 2. The van der Waals surface area contributed by atoms with Crippen LogP contribution in [0.15, 0.2) is 36.8 Å². The van der Waals surface area contributed by atoms with E-state index in [0.29, 0.717) is 18.8 Å². The Morgan fingerprint density at radius 1 is 1.19 bits per heavy atom. The van der Waals surface area contributed by atoms with Gasteiger partial charge in [0, 0.05) is 38.4 Å². The van der Waals surface area contributed by atoms with E-state index in [9.17, 15) is 4.79 Å². The maximum atomic E-state index is 12.5. The lowest BCUT2D eigenvalue weighted by Crippen LogP contribution is -2.30. The fourth-order valence-electron chi connectivity index (χ4n) is 3.40. The van der Waals surface area contributed by atoms with Crippen molar-refractivity contribution in [2.45, 2.75) is 19.8 Å². The largest absolute Gasteiger partial charge is 0.368 e. The van der Waals surface area contributed by atoms with Crippen molar-refractivity contribution in [3.63, 3.8) is 0 Å². The summed E-state index contributed by atoms with van der Waals surface area (Å²) < 4.78 is 1.81. The predicted octanol–water partition coefficient (Wildman–Crippen LogP) is 1.87.